The molecule has 0 spiro atoms. The Morgan fingerprint density at radius 1 is 1.09 bits per heavy atom. The van der Waals surface area contributed by atoms with Crippen LogP contribution in [-0.2, 0) is 30.5 Å². The maximum absolute atomic E-state index is 13.9. The number of imidazole rings is 1. The zero-order valence-electron chi connectivity index (χ0n) is 25.7. The molecule has 2 N–H and O–H groups in total. The van der Waals surface area contributed by atoms with E-state index in [1.807, 2.05) is 61.1 Å². The number of aromatic nitrogens is 2. The van der Waals surface area contributed by atoms with E-state index in [0.717, 1.165) is 16.5 Å². The first-order chi connectivity index (χ1) is 22.0. The summed E-state index contributed by atoms with van der Waals surface area (Å²) >= 11 is 7.34. The van der Waals surface area contributed by atoms with Crippen LogP contribution in [-0.4, -0.2) is 44.3 Å². The van der Waals surface area contributed by atoms with Crippen LogP contribution in [0.2, 0.25) is 0 Å². The number of carbonyl (C=O) groups is 1. The second-order valence-electron chi connectivity index (χ2n) is 11.1. The molecule has 46 heavy (non-hydrogen) atoms. The van der Waals surface area contributed by atoms with Crippen LogP contribution in [0.15, 0.2) is 90.2 Å². The molecule has 4 rings (SSSR count). The van der Waals surface area contributed by atoms with Gasteiger partial charge in [0, 0.05) is 48.1 Å². The lowest BCUT2D eigenvalue weighted by molar-refractivity contribution is -0.138. The molecule has 0 saturated heterocycles. The molecule has 1 heterocycles. The molecule has 0 saturated carbocycles. The summed E-state index contributed by atoms with van der Waals surface area (Å²) in [6.07, 6.45) is 0.778. The number of thioether (sulfide) groups is 1. The molecular formula is C34H35F3N6OS2. The van der Waals surface area contributed by atoms with Crippen molar-refractivity contribution in [3.8, 4) is 6.07 Å². The number of nitriles is 1. The summed E-state index contributed by atoms with van der Waals surface area (Å²) in [5.41, 5.74) is 2.28. The average Bonchev–Trinajstić information content (AvgIpc) is 3.46. The fraction of sp³-hybridized carbons (Fsp3) is 0.294. The molecule has 0 unspecified atom stereocenters. The van der Waals surface area contributed by atoms with Crippen LogP contribution in [0.4, 0.5) is 18.9 Å². The molecule has 1 atom stereocenters. The summed E-state index contributed by atoms with van der Waals surface area (Å²) in [4.78, 5) is 20.3. The van der Waals surface area contributed by atoms with Gasteiger partial charge in [0.05, 0.1) is 29.9 Å². The van der Waals surface area contributed by atoms with Crippen LogP contribution < -0.4 is 10.6 Å². The molecule has 0 fully saturated rings. The number of hydrogen-bond acceptors (Lipinski definition) is 5. The van der Waals surface area contributed by atoms with E-state index < -0.39 is 17.8 Å². The van der Waals surface area contributed by atoms with Gasteiger partial charge in [0.15, 0.2) is 5.11 Å². The third kappa shape index (κ3) is 9.58. The lowest BCUT2D eigenvalue weighted by atomic mass is 10.0. The van der Waals surface area contributed by atoms with Gasteiger partial charge in [0.25, 0.3) is 0 Å². The zero-order chi connectivity index (χ0) is 33.3. The molecule has 7 nitrogen and oxygen atoms in total. The lowest BCUT2D eigenvalue weighted by Gasteiger charge is -2.33. The highest BCUT2D eigenvalue weighted by atomic mass is 32.2. The van der Waals surface area contributed by atoms with E-state index in [0.29, 0.717) is 23.5 Å². The van der Waals surface area contributed by atoms with E-state index in [9.17, 15) is 18.0 Å². The SMILES string of the molecule is CSc1ccc(NC(=S)N(Cc2ccccc2C(F)(F)F)C[C@@H](NC(=O)Cc2cncn2Cc2ccc(C#N)cc2)C(C)C)cc1. The standard InChI is InChI=1S/C34H35F3N6OS2/c1-23(2)31(41-32(44)16-28-18-39-22-43(28)19-25-10-8-24(17-38)9-11-25)21-42(20-26-6-4-5-7-30(26)34(35,36)37)33(45)40-27-12-14-29(46-3)15-13-27/h4-15,18,22-23,31H,16,19-21H2,1-3H3,(H,40,45)(H,41,44)/t31-/m1/s1. The molecule has 0 bridgehead atoms. The van der Waals surface area contributed by atoms with Gasteiger partial charge in [0.2, 0.25) is 5.91 Å². The number of nitrogens with zero attached hydrogens (tertiary/aromatic N) is 4. The van der Waals surface area contributed by atoms with Crippen LogP contribution in [0.1, 0.15) is 41.8 Å². The van der Waals surface area contributed by atoms with Gasteiger partial charge in [-0.25, -0.2) is 4.98 Å². The number of carbonyl (C=O) groups excluding carboxylic acids is 1. The molecular weight excluding hydrogens is 630 g/mol. The minimum absolute atomic E-state index is 0.0564. The number of amides is 1. The van der Waals surface area contributed by atoms with Crippen molar-refractivity contribution in [2.24, 2.45) is 5.92 Å². The summed E-state index contributed by atoms with van der Waals surface area (Å²) in [7, 11) is 0. The van der Waals surface area contributed by atoms with Gasteiger partial charge in [-0.15, -0.1) is 11.8 Å². The van der Waals surface area contributed by atoms with Crippen LogP contribution >= 0.6 is 24.0 Å². The Morgan fingerprint density at radius 3 is 2.41 bits per heavy atom. The Bertz CT molecular complexity index is 1660. The zero-order valence-corrected chi connectivity index (χ0v) is 27.3. The van der Waals surface area contributed by atoms with Crippen LogP contribution in [0.5, 0.6) is 0 Å². The van der Waals surface area contributed by atoms with Crippen LogP contribution in [0.25, 0.3) is 0 Å². The lowest BCUT2D eigenvalue weighted by Crippen LogP contribution is -2.49. The second kappa shape index (κ2) is 15.8. The van der Waals surface area contributed by atoms with Crippen molar-refractivity contribution in [1.82, 2.24) is 19.8 Å². The molecule has 1 aromatic heterocycles. The number of halogens is 3. The molecule has 4 aromatic rings. The van der Waals surface area contributed by atoms with E-state index >= 15 is 0 Å². The summed E-state index contributed by atoms with van der Waals surface area (Å²) in [5.74, 6) is -0.306. The second-order valence-corrected chi connectivity index (χ2v) is 12.4. The fourth-order valence-electron chi connectivity index (χ4n) is 4.84. The average molecular weight is 665 g/mol. The smallest absolute Gasteiger partial charge is 0.351 e. The summed E-state index contributed by atoms with van der Waals surface area (Å²) in [5, 5.41) is 15.6. The number of thiocarbonyl (C=S) groups is 1. The van der Waals surface area contributed by atoms with Gasteiger partial charge in [-0.1, -0.05) is 44.2 Å². The van der Waals surface area contributed by atoms with Gasteiger partial charge in [-0.3, -0.25) is 4.79 Å². The first kappa shape index (κ1) is 34.5. The van der Waals surface area contributed by atoms with Gasteiger partial charge in [-0.2, -0.15) is 18.4 Å². The molecule has 1 amide bonds. The quantitative estimate of drug-likeness (QED) is 0.123. The number of nitrogens with one attached hydrogen (secondary N) is 2. The fourth-order valence-corrected chi connectivity index (χ4v) is 5.50. The summed E-state index contributed by atoms with van der Waals surface area (Å²) in [6.45, 7) is 4.43. The first-order valence-electron chi connectivity index (χ1n) is 14.6. The van der Waals surface area contributed by atoms with Crippen LogP contribution in [0, 0.1) is 17.2 Å². The van der Waals surface area contributed by atoms with Crippen molar-refractivity contribution in [3.05, 3.63) is 113 Å². The Kier molecular flexibility index (Phi) is 11.8. The number of alkyl halides is 3. The Hall–Kier alpha value is -4.34. The van der Waals surface area contributed by atoms with Crippen molar-refractivity contribution in [2.45, 2.75) is 50.5 Å². The third-order valence-electron chi connectivity index (χ3n) is 7.46. The highest BCUT2D eigenvalue weighted by molar-refractivity contribution is 7.98. The number of anilines is 1. The molecule has 0 aliphatic carbocycles. The minimum Gasteiger partial charge on any atom is -0.351 e. The van der Waals surface area contributed by atoms with E-state index in [1.54, 1.807) is 47.4 Å². The largest absolute Gasteiger partial charge is 0.416 e. The van der Waals surface area contributed by atoms with Gasteiger partial charge in [0.1, 0.15) is 0 Å². The van der Waals surface area contributed by atoms with Gasteiger partial charge in [-0.05, 0) is 78.0 Å². The third-order valence-corrected chi connectivity index (χ3v) is 8.56. The maximum atomic E-state index is 13.9. The number of hydrogen-bond donors (Lipinski definition) is 2. The minimum atomic E-state index is -4.53. The molecule has 0 aliphatic heterocycles. The molecule has 0 aliphatic rings. The first-order valence-corrected chi connectivity index (χ1v) is 16.2. The normalized spacial score (nSPS) is 12.0. The number of rotatable bonds is 12. The summed E-state index contributed by atoms with van der Waals surface area (Å²) in [6, 6.07) is 21.9. The molecule has 240 valence electrons. The Morgan fingerprint density at radius 2 is 1.78 bits per heavy atom. The van der Waals surface area contributed by atoms with Gasteiger partial charge < -0.3 is 20.1 Å². The number of benzene rings is 3. The monoisotopic (exact) mass is 664 g/mol. The molecule has 3 aromatic carbocycles. The maximum Gasteiger partial charge on any atom is 0.416 e. The van der Waals surface area contributed by atoms with Crippen LogP contribution in [0.3, 0.4) is 0 Å². The Balaban J connectivity index is 1.52. The van der Waals surface area contributed by atoms with E-state index in [-0.39, 0.29) is 42.0 Å². The highest BCUT2D eigenvalue weighted by Crippen LogP contribution is 2.32. The van der Waals surface area contributed by atoms with Crippen molar-refractivity contribution >= 4 is 40.7 Å². The predicted molar refractivity (Wildman–Crippen MR) is 179 cm³/mol. The topological polar surface area (TPSA) is 86.0 Å². The van der Waals surface area contributed by atoms with Crippen molar-refractivity contribution in [2.75, 3.05) is 18.1 Å². The molecule has 0 radical (unpaired) electrons. The summed E-state index contributed by atoms with van der Waals surface area (Å²) < 4.78 is 43.6. The van der Waals surface area contributed by atoms with Gasteiger partial charge >= 0.3 is 6.18 Å². The predicted octanol–water partition coefficient (Wildman–Crippen LogP) is 7.13. The van der Waals surface area contributed by atoms with Crippen molar-refractivity contribution in [3.63, 3.8) is 0 Å². The van der Waals surface area contributed by atoms with Crippen molar-refractivity contribution in [1.29, 1.82) is 5.26 Å². The van der Waals surface area contributed by atoms with E-state index in [1.165, 1.54) is 12.1 Å². The Labute approximate surface area is 276 Å². The van der Waals surface area contributed by atoms with E-state index in [4.69, 9.17) is 17.5 Å². The molecule has 12 heteroatoms. The highest BCUT2D eigenvalue weighted by Gasteiger charge is 2.34. The van der Waals surface area contributed by atoms with E-state index in [2.05, 4.69) is 21.7 Å². The van der Waals surface area contributed by atoms with Crippen molar-refractivity contribution < 1.29 is 18.0 Å².